The van der Waals surface area contributed by atoms with Crippen LogP contribution in [0.25, 0.3) is 0 Å². The molecule has 2 fully saturated rings. The van der Waals surface area contributed by atoms with Gasteiger partial charge in [-0.25, -0.2) is 8.42 Å². The van der Waals surface area contributed by atoms with Crippen LogP contribution in [0.4, 0.5) is 0 Å². The van der Waals surface area contributed by atoms with Crippen molar-refractivity contribution in [2.45, 2.75) is 38.4 Å². The van der Waals surface area contributed by atoms with Gasteiger partial charge in [0.25, 0.3) is 0 Å². The number of hydrogen-bond donors (Lipinski definition) is 1. The van der Waals surface area contributed by atoms with E-state index in [-0.39, 0.29) is 42.5 Å². The number of likely N-dealkylation sites (tertiary alicyclic amines) is 1. The maximum atomic E-state index is 12.7. The minimum absolute atomic E-state index is 0.00706. The standard InChI is InChI=1S/C19H27N3O4S/c1-15(19(24)21-10-12-27(25,26)13-11-21)20-18(23)17-8-5-9-22(17)14-16-6-3-2-4-7-16/h2-4,6-7,15,17H,5,8-14H2,1H3,(H,20,23). The Morgan fingerprint density at radius 3 is 2.48 bits per heavy atom. The van der Waals surface area contributed by atoms with Crippen LogP contribution in [-0.4, -0.2) is 73.3 Å². The number of carbonyl (C=O) groups excluding carboxylic acids is 2. The second-order valence-electron chi connectivity index (χ2n) is 7.32. The quantitative estimate of drug-likeness (QED) is 0.783. The van der Waals surface area contributed by atoms with Crippen LogP contribution in [0.3, 0.4) is 0 Å². The van der Waals surface area contributed by atoms with Gasteiger partial charge in [0.05, 0.1) is 17.5 Å². The Labute approximate surface area is 160 Å². The second-order valence-corrected chi connectivity index (χ2v) is 9.63. The molecule has 2 atom stereocenters. The third-order valence-electron chi connectivity index (χ3n) is 5.28. The summed E-state index contributed by atoms with van der Waals surface area (Å²) in [6, 6.07) is 9.14. The van der Waals surface area contributed by atoms with Crippen LogP contribution in [0, 0.1) is 0 Å². The molecule has 8 heteroatoms. The van der Waals surface area contributed by atoms with Crippen LogP contribution in [0.2, 0.25) is 0 Å². The van der Waals surface area contributed by atoms with Gasteiger partial charge in [0.1, 0.15) is 6.04 Å². The maximum Gasteiger partial charge on any atom is 0.244 e. The van der Waals surface area contributed by atoms with Crippen molar-refractivity contribution in [3.8, 4) is 0 Å². The fraction of sp³-hybridized carbons (Fsp3) is 0.579. The van der Waals surface area contributed by atoms with Gasteiger partial charge >= 0.3 is 0 Å². The molecule has 0 saturated carbocycles. The van der Waals surface area contributed by atoms with Crippen molar-refractivity contribution in [1.82, 2.24) is 15.1 Å². The Hall–Kier alpha value is -1.93. The monoisotopic (exact) mass is 393 g/mol. The molecule has 0 bridgehead atoms. The predicted molar refractivity (Wildman–Crippen MR) is 103 cm³/mol. The SMILES string of the molecule is CC(NC(=O)C1CCCN1Cc1ccccc1)C(=O)N1CCS(=O)(=O)CC1. The summed E-state index contributed by atoms with van der Waals surface area (Å²) in [7, 11) is -3.04. The number of amides is 2. The Bertz CT molecular complexity index is 767. The third kappa shape index (κ3) is 5.07. The number of nitrogens with zero attached hydrogens (tertiary/aromatic N) is 2. The fourth-order valence-electron chi connectivity index (χ4n) is 3.71. The highest BCUT2D eigenvalue weighted by molar-refractivity contribution is 7.91. The zero-order valence-corrected chi connectivity index (χ0v) is 16.5. The molecule has 2 amide bonds. The van der Waals surface area contributed by atoms with E-state index in [0.717, 1.165) is 24.9 Å². The molecule has 0 spiro atoms. The summed E-state index contributed by atoms with van der Waals surface area (Å²) >= 11 is 0. The number of rotatable bonds is 5. The van der Waals surface area contributed by atoms with Crippen LogP contribution in [0.15, 0.2) is 30.3 Å². The van der Waals surface area contributed by atoms with Gasteiger partial charge < -0.3 is 10.2 Å². The third-order valence-corrected chi connectivity index (χ3v) is 6.89. The lowest BCUT2D eigenvalue weighted by Crippen LogP contribution is -2.54. The second kappa shape index (κ2) is 8.39. The Kier molecular flexibility index (Phi) is 6.16. The number of nitrogens with one attached hydrogen (secondary N) is 1. The summed E-state index contributed by atoms with van der Waals surface area (Å²) in [5, 5.41) is 2.83. The first-order valence-corrected chi connectivity index (χ1v) is 11.3. The van der Waals surface area contributed by atoms with E-state index >= 15 is 0 Å². The average Bonchev–Trinajstić information content (AvgIpc) is 3.10. The van der Waals surface area contributed by atoms with E-state index in [2.05, 4.69) is 10.2 Å². The minimum Gasteiger partial charge on any atom is -0.343 e. The van der Waals surface area contributed by atoms with Crippen molar-refractivity contribution in [3.63, 3.8) is 0 Å². The molecule has 2 saturated heterocycles. The largest absolute Gasteiger partial charge is 0.343 e. The molecule has 2 aliphatic rings. The summed E-state index contributed by atoms with van der Waals surface area (Å²) in [4.78, 5) is 28.9. The molecule has 1 aromatic carbocycles. The van der Waals surface area contributed by atoms with E-state index in [1.807, 2.05) is 30.3 Å². The Morgan fingerprint density at radius 2 is 1.81 bits per heavy atom. The van der Waals surface area contributed by atoms with Gasteiger partial charge in [-0.2, -0.15) is 0 Å². The van der Waals surface area contributed by atoms with Crippen LogP contribution < -0.4 is 5.32 Å². The van der Waals surface area contributed by atoms with Gasteiger partial charge in [-0.15, -0.1) is 0 Å². The molecule has 3 rings (SSSR count). The van der Waals surface area contributed by atoms with E-state index in [1.54, 1.807) is 6.92 Å². The highest BCUT2D eigenvalue weighted by Gasteiger charge is 2.33. The van der Waals surface area contributed by atoms with Gasteiger partial charge in [0, 0.05) is 19.6 Å². The molecular weight excluding hydrogens is 366 g/mol. The highest BCUT2D eigenvalue weighted by atomic mass is 32.2. The summed E-state index contributed by atoms with van der Waals surface area (Å²) in [5.74, 6) is -0.362. The zero-order chi connectivity index (χ0) is 19.4. The molecule has 1 N–H and O–H groups in total. The number of hydrogen-bond acceptors (Lipinski definition) is 5. The first kappa shape index (κ1) is 19.8. The van der Waals surface area contributed by atoms with Gasteiger partial charge in [0.2, 0.25) is 11.8 Å². The Balaban J connectivity index is 1.54. The van der Waals surface area contributed by atoms with E-state index in [0.29, 0.717) is 6.54 Å². The normalized spacial score (nSPS) is 23.7. The lowest BCUT2D eigenvalue weighted by molar-refractivity contribution is -0.136. The van der Waals surface area contributed by atoms with E-state index in [4.69, 9.17) is 0 Å². The molecule has 0 aliphatic carbocycles. The lowest BCUT2D eigenvalue weighted by Gasteiger charge is -2.30. The number of benzene rings is 1. The van der Waals surface area contributed by atoms with Gasteiger partial charge in [0.15, 0.2) is 9.84 Å². The fourth-order valence-corrected chi connectivity index (χ4v) is 4.91. The van der Waals surface area contributed by atoms with Gasteiger partial charge in [-0.3, -0.25) is 14.5 Å². The van der Waals surface area contributed by atoms with Crippen molar-refractivity contribution < 1.29 is 18.0 Å². The molecule has 1 aromatic rings. The van der Waals surface area contributed by atoms with Crippen LogP contribution in [0.1, 0.15) is 25.3 Å². The molecular formula is C19H27N3O4S. The maximum absolute atomic E-state index is 12.7. The van der Waals surface area contributed by atoms with Crippen LogP contribution >= 0.6 is 0 Å². The molecule has 7 nitrogen and oxygen atoms in total. The van der Waals surface area contributed by atoms with Crippen LogP contribution in [0.5, 0.6) is 0 Å². The molecule has 148 valence electrons. The van der Waals surface area contributed by atoms with Crippen LogP contribution in [-0.2, 0) is 26.0 Å². The van der Waals surface area contributed by atoms with Gasteiger partial charge in [-0.05, 0) is 31.9 Å². The first-order chi connectivity index (χ1) is 12.9. The molecule has 27 heavy (non-hydrogen) atoms. The number of sulfone groups is 1. The van der Waals surface area contributed by atoms with Gasteiger partial charge in [-0.1, -0.05) is 30.3 Å². The van der Waals surface area contributed by atoms with Crippen molar-refractivity contribution in [2.24, 2.45) is 0 Å². The summed E-state index contributed by atoms with van der Waals surface area (Å²) in [6.07, 6.45) is 1.73. The summed E-state index contributed by atoms with van der Waals surface area (Å²) in [5.41, 5.74) is 1.16. The molecule has 0 radical (unpaired) electrons. The smallest absolute Gasteiger partial charge is 0.244 e. The topological polar surface area (TPSA) is 86.8 Å². The predicted octanol–water partition coefficient (Wildman–Crippen LogP) is 0.413. The molecule has 0 aromatic heterocycles. The number of carbonyl (C=O) groups is 2. The van der Waals surface area contributed by atoms with E-state index < -0.39 is 15.9 Å². The molecule has 2 heterocycles. The zero-order valence-electron chi connectivity index (χ0n) is 15.6. The van der Waals surface area contributed by atoms with E-state index in [9.17, 15) is 18.0 Å². The van der Waals surface area contributed by atoms with E-state index in [1.165, 1.54) is 4.90 Å². The minimum atomic E-state index is -3.04. The lowest BCUT2D eigenvalue weighted by atomic mass is 10.1. The molecule has 2 unspecified atom stereocenters. The van der Waals surface area contributed by atoms with Crippen molar-refractivity contribution in [2.75, 3.05) is 31.1 Å². The Morgan fingerprint density at radius 1 is 1.15 bits per heavy atom. The average molecular weight is 394 g/mol. The summed E-state index contributed by atoms with van der Waals surface area (Å²) < 4.78 is 23.0. The van der Waals surface area contributed by atoms with Crippen molar-refractivity contribution in [1.29, 1.82) is 0 Å². The van der Waals surface area contributed by atoms with Crippen molar-refractivity contribution >= 4 is 21.7 Å². The summed E-state index contributed by atoms with van der Waals surface area (Å²) in [6.45, 7) is 3.64. The first-order valence-electron chi connectivity index (χ1n) is 9.43. The highest BCUT2D eigenvalue weighted by Crippen LogP contribution is 2.20. The molecule has 2 aliphatic heterocycles. The van der Waals surface area contributed by atoms with Crippen molar-refractivity contribution in [3.05, 3.63) is 35.9 Å².